The molecule has 2 aromatic rings. The van der Waals surface area contributed by atoms with Gasteiger partial charge in [-0.3, -0.25) is 0 Å². The minimum absolute atomic E-state index is 0.260. The monoisotopic (exact) mass is 322 g/mol. The van der Waals surface area contributed by atoms with Gasteiger partial charge in [-0.05, 0) is 48.0 Å². The van der Waals surface area contributed by atoms with Crippen molar-refractivity contribution in [3.05, 3.63) is 15.2 Å². The minimum atomic E-state index is 0.260. The third kappa shape index (κ3) is 1.58. The molecular formula is C8H8ClIN4. The minimum Gasteiger partial charge on any atom is -0.244 e. The molecule has 0 bridgehead atoms. The highest BCUT2D eigenvalue weighted by atomic mass is 127. The largest absolute Gasteiger partial charge is 0.244 e. The number of fused-ring (bicyclic) bond motifs is 1. The summed E-state index contributed by atoms with van der Waals surface area (Å²) in [6.45, 7) is 4.11. The lowest BCUT2D eigenvalue weighted by Crippen LogP contribution is -2.03. The summed E-state index contributed by atoms with van der Waals surface area (Å²) in [5, 5.41) is 5.58. The van der Waals surface area contributed by atoms with E-state index in [1.54, 1.807) is 6.20 Å². The van der Waals surface area contributed by atoms with E-state index in [-0.39, 0.29) is 11.3 Å². The molecule has 0 aliphatic carbocycles. The van der Waals surface area contributed by atoms with Gasteiger partial charge in [0.05, 0.1) is 5.39 Å². The second-order valence-corrected chi connectivity index (χ2v) is 4.57. The van der Waals surface area contributed by atoms with Crippen molar-refractivity contribution in [1.29, 1.82) is 0 Å². The highest BCUT2D eigenvalue weighted by molar-refractivity contribution is 14.1. The normalized spacial score (nSPS) is 11.5. The summed E-state index contributed by atoms with van der Waals surface area (Å²) in [6, 6.07) is 0.270. The zero-order chi connectivity index (χ0) is 10.3. The van der Waals surface area contributed by atoms with Crippen LogP contribution in [-0.2, 0) is 0 Å². The molecule has 74 valence electrons. The zero-order valence-electron chi connectivity index (χ0n) is 7.70. The highest BCUT2D eigenvalue weighted by Crippen LogP contribution is 2.21. The fourth-order valence-corrected chi connectivity index (χ4v) is 1.97. The van der Waals surface area contributed by atoms with Gasteiger partial charge in [0, 0.05) is 12.2 Å². The van der Waals surface area contributed by atoms with E-state index in [0.717, 1.165) is 14.7 Å². The summed E-state index contributed by atoms with van der Waals surface area (Å²) in [7, 11) is 0. The summed E-state index contributed by atoms with van der Waals surface area (Å²) in [5.74, 6) is 0. The summed E-state index contributed by atoms with van der Waals surface area (Å²) in [5.41, 5.74) is 0.796. The van der Waals surface area contributed by atoms with E-state index in [4.69, 9.17) is 11.6 Å². The molecule has 0 aliphatic rings. The van der Waals surface area contributed by atoms with E-state index in [9.17, 15) is 0 Å². The molecule has 0 N–H and O–H groups in total. The smallest absolute Gasteiger partial charge is 0.224 e. The topological polar surface area (TPSA) is 43.6 Å². The molecule has 0 aromatic carbocycles. The van der Waals surface area contributed by atoms with Crippen molar-refractivity contribution >= 4 is 45.2 Å². The molecule has 2 rings (SSSR count). The molecule has 0 atom stereocenters. The molecule has 0 radical (unpaired) electrons. The molecule has 2 aromatic heterocycles. The van der Waals surface area contributed by atoms with Crippen molar-refractivity contribution in [2.75, 3.05) is 0 Å². The van der Waals surface area contributed by atoms with E-state index < -0.39 is 0 Å². The molecule has 0 unspecified atom stereocenters. The second kappa shape index (κ2) is 3.62. The van der Waals surface area contributed by atoms with Gasteiger partial charge in [-0.25, -0.2) is 9.67 Å². The molecule has 0 aliphatic heterocycles. The Labute approximate surface area is 99.8 Å². The lowest BCUT2D eigenvalue weighted by atomic mass is 10.4. The molecule has 0 fully saturated rings. The summed E-state index contributed by atoms with van der Waals surface area (Å²) < 4.78 is 2.76. The van der Waals surface area contributed by atoms with Gasteiger partial charge in [0.15, 0.2) is 5.65 Å². The summed E-state index contributed by atoms with van der Waals surface area (Å²) in [6.07, 6.45) is 1.71. The Kier molecular flexibility index (Phi) is 2.61. The molecule has 4 nitrogen and oxygen atoms in total. The first-order valence-corrected chi connectivity index (χ1v) is 5.61. The molecule has 14 heavy (non-hydrogen) atoms. The van der Waals surface area contributed by atoms with Crippen LogP contribution >= 0.6 is 34.2 Å². The average Bonchev–Trinajstić information content (AvgIpc) is 2.43. The van der Waals surface area contributed by atoms with Gasteiger partial charge >= 0.3 is 0 Å². The molecular weight excluding hydrogens is 314 g/mol. The summed E-state index contributed by atoms with van der Waals surface area (Å²) in [4.78, 5) is 8.10. The Bertz CT molecular complexity index is 479. The lowest BCUT2D eigenvalue weighted by molar-refractivity contribution is 0.543. The molecule has 6 heteroatoms. The number of rotatable bonds is 1. The van der Waals surface area contributed by atoms with Gasteiger partial charge in [0.2, 0.25) is 5.28 Å². The van der Waals surface area contributed by atoms with Crippen LogP contribution in [0.15, 0.2) is 6.20 Å². The Morgan fingerprint density at radius 3 is 2.86 bits per heavy atom. The number of aromatic nitrogens is 4. The van der Waals surface area contributed by atoms with Crippen molar-refractivity contribution in [3.8, 4) is 0 Å². The van der Waals surface area contributed by atoms with Crippen LogP contribution in [0.5, 0.6) is 0 Å². The first kappa shape index (κ1) is 10.1. The fraction of sp³-hybridized carbons (Fsp3) is 0.375. The zero-order valence-corrected chi connectivity index (χ0v) is 10.6. The maximum absolute atomic E-state index is 5.74. The standard InChI is InChI=1S/C8H8ClIN4/c1-4(2)14-7-5(6(10)13-14)3-11-8(9)12-7/h3-4H,1-2H3. The van der Waals surface area contributed by atoms with Crippen LogP contribution in [0, 0.1) is 3.70 Å². The van der Waals surface area contributed by atoms with E-state index >= 15 is 0 Å². The molecule has 2 heterocycles. The number of hydrogen-bond acceptors (Lipinski definition) is 3. The quantitative estimate of drug-likeness (QED) is 0.599. The number of halogens is 2. The predicted octanol–water partition coefficient (Wildman–Crippen LogP) is 2.67. The van der Waals surface area contributed by atoms with Crippen LogP contribution < -0.4 is 0 Å². The van der Waals surface area contributed by atoms with E-state index in [2.05, 4.69) is 51.5 Å². The summed E-state index contributed by atoms with van der Waals surface area (Å²) >= 11 is 7.91. The molecule has 0 saturated carbocycles. The Balaban J connectivity index is 2.79. The van der Waals surface area contributed by atoms with Crippen LogP contribution in [0.2, 0.25) is 5.28 Å². The molecule has 0 saturated heterocycles. The van der Waals surface area contributed by atoms with E-state index in [0.29, 0.717) is 0 Å². The third-order valence-electron chi connectivity index (χ3n) is 1.86. The van der Waals surface area contributed by atoms with Gasteiger partial charge in [0.25, 0.3) is 0 Å². The van der Waals surface area contributed by atoms with Crippen molar-refractivity contribution < 1.29 is 0 Å². The SMILES string of the molecule is CC(C)n1nc(I)c2cnc(Cl)nc21. The van der Waals surface area contributed by atoms with Gasteiger partial charge in [-0.1, -0.05) is 0 Å². The van der Waals surface area contributed by atoms with Crippen molar-refractivity contribution in [3.63, 3.8) is 0 Å². The Morgan fingerprint density at radius 2 is 2.21 bits per heavy atom. The lowest BCUT2D eigenvalue weighted by Gasteiger charge is -2.05. The van der Waals surface area contributed by atoms with E-state index in [1.807, 2.05) is 4.68 Å². The maximum atomic E-state index is 5.74. The molecule has 0 spiro atoms. The van der Waals surface area contributed by atoms with Gasteiger partial charge < -0.3 is 0 Å². The van der Waals surface area contributed by atoms with Crippen molar-refractivity contribution in [2.45, 2.75) is 19.9 Å². The third-order valence-corrected chi connectivity index (χ3v) is 2.84. The fourth-order valence-electron chi connectivity index (χ4n) is 1.23. The van der Waals surface area contributed by atoms with Crippen molar-refractivity contribution in [2.24, 2.45) is 0 Å². The van der Waals surface area contributed by atoms with Crippen LogP contribution in [0.1, 0.15) is 19.9 Å². The molecule has 0 amide bonds. The Hall–Kier alpha value is -0.430. The van der Waals surface area contributed by atoms with Crippen LogP contribution in [0.3, 0.4) is 0 Å². The van der Waals surface area contributed by atoms with Crippen LogP contribution in [0.25, 0.3) is 11.0 Å². The van der Waals surface area contributed by atoms with Gasteiger partial charge in [-0.2, -0.15) is 10.1 Å². The van der Waals surface area contributed by atoms with E-state index in [1.165, 1.54) is 0 Å². The Morgan fingerprint density at radius 1 is 1.50 bits per heavy atom. The highest BCUT2D eigenvalue weighted by Gasteiger charge is 2.12. The number of hydrogen-bond donors (Lipinski definition) is 0. The number of nitrogens with zero attached hydrogens (tertiary/aromatic N) is 4. The first-order valence-electron chi connectivity index (χ1n) is 4.16. The van der Waals surface area contributed by atoms with Gasteiger partial charge in [-0.15, -0.1) is 0 Å². The van der Waals surface area contributed by atoms with Crippen LogP contribution in [0.4, 0.5) is 0 Å². The van der Waals surface area contributed by atoms with Crippen molar-refractivity contribution in [1.82, 2.24) is 19.7 Å². The average molecular weight is 323 g/mol. The van der Waals surface area contributed by atoms with Gasteiger partial charge in [0.1, 0.15) is 3.70 Å². The predicted molar refractivity (Wildman–Crippen MR) is 63.4 cm³/mol. The maximum Gasteiger partial charge on any atom is 0.224 e. The van der Waals surface area contributed by atoms with Crippen LogP contribution in [-0.4, -0.2) is 19.7 Å². The first-order chi connectivity index (χ1) is 6.59. The second-order valence-electron chi connectivity index (χ2n) is 3.21.